The van der Waals surface area contributed by atoms with Gasteiger partial charge in [-0.15, -0.1) is 0 Å². The van der Waals surface area contributed by atoms with Crippen LogP contribution in [0, 0.1) is 0 Å². The molecule has 0 fully saturated rings. The second-order valence-corrected chi connectivity index (χ2v) is 7.37. The largest absolute Gasteiger partial charge is 0.527 e. The van der Waals surface area contributed by atoms with Gasteiger partial charge in [0.2, 0.25) is 5.91 Å². The van der Waals surface area contributed by atoms with Crippen molar-refractivity contribution < 1.29 is 28.0 Å². The predicted molar refractivity (Wildman–Crippen MR) is 99.9 cm³/mol. The summed E-state index contributed by atoms with van der Waals surface area (Å²) in [6.07, 6.45) is 5.86. The molecule has 2 N–H and O–H groups in total. The van der Waals surface area contributed by atoms with Gasteiger partial charge in [-0.3, -0.25) is 14.2 Å². The topological polar surface area (TPSA) is 94.1 Å². The van der Waals surface area contributed by atoms with E-state index in [1.165, 1.54) is 12.8 Å². The number of methoxy groups -OCH3 is 1. The van der Waals surface area contributed by atoms with Gasteiger partial charge in [-0.1, -0.05) is 44.7 Å². The van der Waals surface area contributed by atoms with E-state index in [9.17, 15) is 14.3 Å². The van der Waals surface area contributed by atoms with Crippen molar-refractivity contribution >= 4 is 13.7 Å². The minimum absolute atomic E-state index is 0.0777. The Morgan fingerprint density at radius 3 is 2.73 bits per heavy atom. The van der Waals surface area contributed by atoms with Crippen LogP contribution < -0.4 is 9.84 Å². The van der Waals surface area contributed by atoms with Gasteiger partial charge < -0.3 is 14.6 Å². The zero-order valence-electron chi connectivity index (χ0n) is 15.6. The Kier molecular flexibility index (Phi) is 11.2. The Morgan fingerprint density at radius 1 is 1.23 bits per heavy atom. The molecule has 8 heteroatoms. The van der Waals surface area contributed by atoms with Crippen LogP contribution >= 0.6 is 7.82 Å². The van der Waals surface area contributed by atoms with Gasteiger partial charge in [0, 0.05) is 20.1 Å². The highest BCUT2D eigenvalue weighted by Crippen LogP contribution is 2.43. The number of amides is 1. The van der Waals surface area contributed by atoms with Crippen LogP contribution in [0.3, 0.4) is 0 Å². The molecule has 0 aliphatic heterocycles. The molecule has 0 aliphatic carbocycles. The number of ether oxygens (including phenoxy) is 1. The van der Waals surface area contributed by atoms with Crippen LogP contribution in [-0.2, 0) is 25.2 Å². The predicted octanol–water partition coefficient (Wildman–Crippen LogP) is 3.81. The van der Waals surface area contributed by atoms with E-state index in [1.54, 1.807) is 25.3 Å². The quantitative estimate of drug-likeness (QED) is 0.372. The zero-order chi connectivity index (χ0) is 19.3. The molecule has 0 aliphatic rings. The first-order valence-corrected chi connectivity index (χ1v) is 10.5. The Hall–Kier alpha value is -1.40. The van der Waals surface area contributed by atoms with Crippen molar-refractivity contribution in [1.82, 2.24) is 5.32 Å². The van der Waals surface area contributed by atoms with E-state index >= 15 is 0 Å². The van der Waals surface area contributed by atoms with Crippen molar-refractivity contribution in [2.45, 2.75) is 52.1 Å². The molecule has 0 saturated heterocycles. The molecule has 1 aromatic carbocycles. The van der Waals surface area contributed by atoms with Gasteiger partial charge in [0.25, 0.3) is 0 Å². The Bertz CT molecular complexity index is 581. The van der Waals surface area contributed by atoms with E-state index in [4.69, 9.17) is 13.8 Å². The molecule has 1 rings (SSSR count). The lowest BCUT2D eigenvalue weighted by atomic mass is 10.1. The summed E-state index contributed by atoms with van der Waals surface area (Å²) in [6, 6.07) is 6.68. The summed E-state index contributed by atoms with van der Waals surface area (Å²) in [5.74, 6) is 0.146. The highest BCUT2D eigenvalue weighted by atomic mass is 31.2. The van der Waals surface area contributed by atoms with Crippen molar-refractivity contribution in [2.75, 3.05) is 20.3 Å². The molecule has 0 spiro atoms. The van der Waals surface area contributed by atoms with Gasteiger partial charge in [-0.05, 0) is 24.1 Å². The van der Waals surface area contributed by atoms with Crippen molar-refractivity contribution in [3.63, 3.8) is 0 Å². The number of carbonyl (C=O) groups is 1. The Morgan fingerprint density at radius 2 is 2.00 bits per heavy atom. The average Bonchev–Trinajstić information content (AvgIpc) is 2.59. The molecule has 1 amide bonds. The van der Waals surface area contributed by atoms with E-state index in [2.05, 4.69) is 12.2 Å². The third kappa shape index (κ3) is 10.6. The lowest BCUT2D eigenvalue weighted by molar-refractivity contribution is -0.121. The minimum atomic E-state index is -4.24. The molecule has 0 bridgehead atoms. The van der Waals surface area contributed by atoms with Crippen LogP contribution in [0.25, 0.3) is 0 Å². The van der Waals surface area contributed by atoms with Crippen molar-refractivity contribution in [2.24, 2.45) is 0 Å². The Labute approximate surface area is 155 Å². The third-order valence-corrected chi connectivity index (χ3v) is 4.57. The van der Waals surface area contributed by atoms with Crippen LogP contribution in [0.15, 0.2) is 24.3 Å². The van der Waals surface area contributed by atoms with Crippen LogP contribution in [0.4, 0.5) is 0 Å². The number of phosphoric ester groups is 1. The highest BCUT2D eigenvalue weighted by Gasteiger charge is 2.22. The van der Waals surface area contributed by atoms with E-state index in [1.807, 2.05) is 6.07 Å². The fourth-order valence-electron chi connectivity index (χ4n) is 2.35. The third-order valence-electron chi connectivity index (χ3n) is 3.62. The number of phosphoric acid groups is 1. The molecule has 7 nitrogen and oxygen atoms in total. The lowest BCUT2D eigenvalue weighted by Gasteiger charge is -2.14. The molecule has 1 atom stereocenters. The van der Waals surface area contributed by atoms with E-state index in [0.29, 0.717) is 13.0 Å². The lowest BCUT2D eigenvalue weighted by Crippen LogP contribution is -2.26. The van der Waals surface area contributed by atoms with Gasteiger partial charge in [0.15, 0.2) is 0 Å². The monoisotopic (exact) mass is 387 g/mol. The maximum absolute atomic E-state index is 11.9. The summed E-state index contributed by atoms with van der Waals surface area (Å²) in [4.78, 5) is 21.4. The summed E-state index contributed by atoms with van der Waals surface area (Å²) in [7, 11) is -2.68. The van der Waals surface area contributed by atoms with Gasteiger partial charge in [0.1, 0.15) is 5.75 Å². The molecule has 1 aromatic rings. The molecule has 0 saturated carbocycles. The van der Waals surface area contributed by atoms with Gasteiger partial charge in [-0.25, -0.2) is 4.57 Å². The zero-order valence-corrected chi connectivity index (χ0v) is 16.5. The summed E-state index contributed by atoms with van der Waals surface area (Å²) >= 11 is 0. The SMILES string of the molecule is CCCCCCCC(=O)NCCOP(=O)(O)Oc1cccc(COC)c1. The van der Waals surface area contributed by atoms with Gasteiger partial charge in [-0.2, -0.15) is 0 Å². The standard InChI is InChI=1S/C18H30NO6P/c1-3-4-5-6-7-11-18(20)19-12-13-24-26(21,22)25-17-10-8-9-16(14-17)15-23-2/h8-10,14H,3-7,11-13,15H2,1-2H3,(H,19,20)(H,21,22). The summed E-state index contributed by atoms with van der Waals surface area (Å²) in [5.41, 5.74) is 0.816. The van der Waals surface area contributed by atoms with Crippen LogP contribution in [-0.4, -0.2) is 31.1 Å². The normalized spacial score (nSPS) is 13.2. The smallest absolute Gasteiger partial charge is 0.404 e. The maximum atomic E-state index is 11.9. The molecular formula is C18H30NO6P. The van der Waals surface area contributed by atoms with E-state index in [-0.39, 0.29) is 24.8 Å². The number of carbonyl (C=O) groups excluding carboxylic acids is 1. The summed E-state index contributed by atoms with van der Waals surface area (Å²) in [6.45, 7) is 2.57. The number of nitrogens with one attached hydrogen (secondary N) is 1. The highest BCUT2D eigenvalue weighted by molar-refractivity contribution is 7.47. The van der Waals surface area contributed by atoms with Crippen LogP contribution in [0.2, 0.25) is 0 Å². The first-order valence-electron chi connectivity index (χ1n) is 8.98. The summed E-state index contributed by atoms with van der Waals surface area (Å²) in [5, 5.41) is 2.67. The minimum Gasteiger partial charge on any atom is -0.404 e. The van der Waals surface area contributed by atoms with E-state index in [0.717, 1.165) is 24.8 Å². The van der Waals surface area contributed by atoms with Crippen molar-refractivity contribution in [3.05, 3.63) is 29.8 Å². The average molecular weight is 387 g/mol. The first-order chi connectivity index (χ1) is 12.5. The summed E-state index contributed by atoms with van der Waals surface area (Å²) < 4.78 is 26.8. The van der Waals surface area contributed by atoms with Crippen molar-refractivity contribution in [3.8, 4) is 5.75 Å². The molecule has 148 valence electrons. The Balaban J connectivity index is 2.23. The second kappa shape index (κ2) is 12.9. The van der Waals surface area contributed by atoms with Crippen LogP contribution in [0.5, 0.6) is 5.75 Å². The van der Waals surface area contributed by atoms with Gasteiger partial charge >= 0.3 is 7.82 Å². The van der Waals surface area contributed by atoms with Gasteiger partial charge in [0.05, 0.1) is 13.2 Å². The van der Waals surface area contributed by atoms with E-state index < -0.39 is 7.82 Å². The number of hydrogen-bond donors (Lipinski definition) is 2. The van der Waals surface area contributed by atoms with Crippen LogP contribution in [0.1, 0.15) is 51.0 Å². The number of benzene rings is 1. The molecule has 26 heavy (non-hydrogen) atoms. The molecular weight excluding hydrogens is 357 g/mol. The number of unbranched alkanes of at least 4 members (excludes halogenated alkanes) is 4. The maximum Gasteiger partial charge on any atom is 0.527 e. The molecule has 1 unspecified atom stereocenters. The first kappa shape index (κ1) is 22.6. The fourth-order valence-corrected chi connectivity index (χ4v) is 3.10. The molecule has 0 radical (unpaired) electrons. The second-order valence-electron chi connectivity index (χ2n) is 5.99. The number of hydrogen-bond acceptors (Lipinski definition) is 5. The molecule has 0 heterocycles. The molecule has 0 aromatic heterocycles. The van der Waals surface area contributed by atoms with Crippen molar-refractivity contribution in [1.29, 1.82) is 0 Å². The fraction of sp³-hybridized carbons (Fsp3) is 0.611. The number of rotatable bonds is 14.